The molecule has 2 unspecified atom stereocenters. The average Bonchev–Trinajstić information content (AvgIpc) is 2.03. The Bertz CT molecular complexity index is 92.0. The molecule has 0 fully saturated rings. The van der Waals surface area contributed by atoms with Crippen LogP contribution in [0.2, 0.25) is 0 Å². The van der Waals surface area contributed by atoms with Crippen LogP contribution in [0.3, 0.4) is 0 Å². The quantitative estimate of drug-likeness (QED) is 0.614. The predicted molar refractivity (Wildman–Crippen MR) is 50.6 cm³/mol. The van der Waals surface area contributed by atoms with Crippen molar-refractivity contribution in [2.24, 2.45) is 0 Å². The molecule has 0 spiro atoms. The molecule has 0 bridgehead atoms. The van der Waals surface area contributed by atoms with Gasteiger partial charge in [-0.3, -0.25) is 0 Å². The summed E-state index contributed by atoms with van der Waals surface area (Å²) in [6.45, 7) is 10.2. The molecule has 1 radical (unpaired) electrons. The van der Waals surface area contributed by atoms with E-state index in [9.17, 15) is 0 Å². The van der Waals surface area contributed by atoms with Crippen LogP contribution in [-0.2, 0) is 9.47 Å². The van der Waals surface area contributed by atoms with Crippen molar-refractivity contribution in [1.29, 1.82) is 0 Å². The van der Waals surface area contributed by atoms with Crippen molar-refractivity contribution in [3.8, 4) is 0 Å². The molecule has 0 rings (SSSR count). The lowest BCUT2D eigenvalue weighted by Crippen LogP contribution is -2.17. The Balaban J connectivity index is 3.51. The molecule has 0 heterocycles. The van der Waals surface area contributed by atoms with E-state index in [0.717, 1.165) is 12.8 Å². The summed E-state index contributed by atoms with van der Waals surface area (Å²) in [5.74, 6) is 0. The van der Waals surface area contributed by atoms with E-state index in [1.54, 1.807) is 0 Å². The molecule has 73 valence electrons. The second kappa shape index (κ2) is 6.44. The number of ether oxygens (including phenoxy) is 2. The molecule has 0 aromatic carbocycles. The first-order valence-electron chi connectivity index (χ1n) is 4.77. The molecule has 0 aromatic rings. The minimum absolute atomic E-state index is 0.258. The minimum Gasteiger partial charge on any atom is -0.343 e. The van der Waals surface area contributed by atoms with Gasteiger partial charge in [-0.2, -0.15) is 0 Å². The zero-order valence-corrected chi connectivity index (χ0v) is 8.89. The van der Waals surface area contributed by atoms with Gasteiger partial charge in [-0.25, -0.2) is 0 Å². The van der Waals surface area contributed by atoms with Crippen molar-refractivity contribution in [1.82, 2.24) is 0 Å². The monoisotopic (exact) mass is 173 g/mol. The van der Waals surface area contributed by atoms with E-state index in [-0.39, 0.29) is 12.2 Å². The Morgan fingerprint density at radius 2 is 1.33 bits per heavy atom. The van der Waals surface area contributed by atoms with Gasteiger partial charge in [0, 0.05) is 0 Å². The number of hydrogen-bond acceptors (Lipinski definition) is 2. The van der Waals surface area contributed by atoms with Crippen molar-refractivity contribution in [3.05, 3.63) is 6.29 Å². The summed E-state index contributed by atoms with van der Waals surface area (Å²) >= 11 is 0. The summed E-state index contributed by atoms with van der Waals surface area (Å²) in [6.07, 6.45) is 3.24. The topological polar surface area (TPSA) is 18.5 Å². The third-order valence-corrected chi connectivity index (χ3v) is 1.88. The third kappa shape index (κ3) is 5.56. The highest BCUT2D eigenvalue weighted by Gasteiger charge is 2.11. The van der Waals surface area contributed by atoms with Crippen LogP contribution in [-0.4, -0.2) is 12.2 Å². The van der Waals surface area contributed by atoms with Gasteiger partial charge < -0.3 is 9.47 Å². The molecule has 2 heteroatoms. The average molecular weight is 173 g/mol. The fraction of sp³-hybridized carbons (Fsp3) is 0.900. The SMILES string of the molecule is CCC(C)O[C](C)OC(C)CC. The van der Waals surface area contributed by atoms with Crippen molar-refractivity contribution in [2.75, 3.05) is 0 Å². The van der Waals surface area contributed by atoms with Gasteiger partial charge in [-0.1, -0.05) is 13.8 Å². The third-order valence-electron chi connectivity index (χ3n) is 1.88. The lowest BCUT2D eigenvalue weighted by atomic mass is 10.3. The highest BCUT2D eigenvalue weighted by Crippen LogP contribution is 2.13. The Morgan fingerprint density at radius 1 is 1.00 bits per heavy atom. The van der Waals surface area contributed by atoms with E-state index in [4.69, 9.17) is 9.47 Å². The molecule has 0 saturated heterocycles. The maximum absolute atomic E-state index is 5.47. The Morgan fingerprint density at radius 3 is 1.58 bits per heavy atom. The van der Waals surface area contributed by atoms with E-state index >= 15 is 0 Å². The predicted octanol–water partition coefficient (Wildman–Crippen LogP) is 3.13. The van der Waals surface area contributed by atoms with Gasteiger partial charge >= 0.3 is 0 Å². The van der Waals surface area contributed by atoms with E-state index in [2.05, 4.69) is 13.8 Å². The molecule has 2 atom stereocenters. The van der Waals surface area contributed by atoms with Gasteiger partial charge in [0.2, 0.25) is 6.29 Å². The molecule has 0 aromatic heterocycles. The van der Waals surface area contributed by atoms with Gasteiger partial charge in [-0.05, 0) is 33.6 Å². The zero-order valence-electron chi connectivity index (χ0n) is 8.89. The summed E-state index contributed by atoms with van der Waals surface area (Å²) in [5.41, 5.74) is 0. The molecule has 0 N–H and O–H groups in total. The van der Waals surface area contributed by atoms with Crippen LogP contribution < -0.4 is 0 Å². The van der Waals surface area contributed by atoms with Crippen LogP contribution in [0.25, 0.3) is 0 Å². The molecule has 12 heavy (non-hydrogen) atoms. The van der Waals surface area contributed by atoms with E-state index < -0.39 is 0 Å². The van der Waals surface area contributed by atoms with Crippen LogP contribution in [0.4, 0.5) is 0 Å². The van der Waals surface area contributed by atoms with Crippen molar-refractivity contribution >= 4 is 0 Å². The maximum atomic E-state index is 5.47. The number of hydrogen-bond donors (Lipinski definition) is 0. The van der Waals surface area contributed by atoms with Gasteiger partial charge in [0.25, 0.3) is 0 Å². The van der Waals surface area contributed by atoms with Crippen LogP contribution in [0.1, 0.15) is 47.5 Å². The lowest BCUT2D eigenvalue weighted by Gasteiger charge is -2.19. The minimum atomic E-state index is 0.258. The van der Waals surface area contributed by atoms with Crippen molar-refractivity contribution < 1.29 is 9.47 Å². The second-order valence-electron chi connectivity index (χ2n) is 3.17. The largest absolute Gasteiger partial charge is 0.343 e. The molecule has 2 nitrogen and oxygen atoms in total. The molecule has 0 aliphatic rings. The smallest absolute Gasteiger partial charge is 0.221 e. The zero-order chi connectivity index (χ0) is 9.56. The Kier molecular flexibility index (Phi) is 6.39. The molecular formula is C10H21O2. The second-order valence-corrected chi connectivity index (χ2v) is 3.17. The molecule has 0 aliphatic carbocycles. The fourth-order valence-corrected chi connectivity index (χ4v) is 0.761. The normalized spacial score (nSPS) is 16.5. The first kappa shape index (κ1) is 11.9. The van der Waals surface area contributed by atoms with Gasteiger partial charge in [0.1, 0.15) is 0 Å². The van der Waals surface area contributed by atoms with Crippen molar-refractivity contribution in [3.63, 3.8) is 0 Å². The van der Waals surface area contributed by atoms with Gasteiger partial charge in [0.05, 0.1) is 12.2 Å². The first-order valence-corrected chi connectivity index (χ1v) is 4.77. The summed E-state index contributed by atoms with van der Waals surface area (Å²) < 4.78 is 10.9. The molecule has 0 aliphatic heterocycles. The van der Waals surface area contributed by atoms with Crippen LogP contribution in [0, 0.1) is 6.29 Å². The Hall–Kier alpha value is -0.0800. The highest BCUT2D eigenvalue weighted by atomic mass is 16.7. The standard InChI is InChI=1S/C10H21O2/c1-6-8(3)11-10(5)12-9(4)7-2/h8-9H,6-7H2,1-5H3. The molecule has 0 amide bonds. The lowest BCUT2D eigenvalue weighted by molar-refractivity contribution is -0.0936. The fourth-order valence-electron chi connectivity index (χ4n) is 0.761. The van der Waals surface area contributed by atoms with Crippen molar-refractivity contribution in [2.45, 2.75) is 59.7 Å². The van der Waals surface area contributed by atoms with Gasteiger partial charge in [0.15, 0.2) is 0 Å². The highest BCUT2D eigenvalue weighted by molar-refractivity contribution is 4.61. The van der Waals surface area contributed by atoms with E-state index in [1.165, 1.54) is 0 Å². The molecule has 0 saturated carbocycles. The Labute approximate surface area is 76.3 Å². The van der Waals surface area contributed by atoms with Crippen LogP contribution in [0.15, 0.2) is 0 Å². The van der Waals surface area contributed by atoms with Crippen LogP contribution >= 0.6 is 0 Å². The first-order chi connectivity index (χ1) is 5.60. The summed E-state index contributed by atoms with van der Waals surface area (Å²) in [7, 11) is 0. The van der Waals surface area contributed by atoms with E-state index in [1.807, 2.05) is 20.8 Å². The summed E-state index contributed by atoms with van der Waals surface area (Å²) in [6, 6.07) is 0. The van der Waals surface area contributed by atoms with Gasteiger partial charge in [-0.15, -0.1) is 0 Å². The number of rotatable bonds is 6. The summed E-state index contributed by atoms with van der Waals surface area (Å²) in [4.78, 5) is 0. The summed E-state index contributed by atoms with van der Waals surface area (Å²) in [5, 5.41) is 0. The molecular weight excluding hydrogens is 152 g/mol. The van der Waals surface area contributed by atoms with E-state index in [0.29, 0.717) is 6.29 Å². The van der Waals surface area contributed by atoms with Crippen LogP contribution in [0.5, 0.6) is 0 Å². The maximum Gasteiger partial charge on any atom is 0.221 e.